The number of carbonyl (C=O) groups excluding carboxylic acids is 1. The fourth-order valence-corrected chi connectivity index (χ4v) is 1.90. The maximum Gasteiger partial charge on any atom is 0.488 e. The number of rotatable bonds is 5. The van der Waals surface area contributed by atoms with Crippen LogP contribution in [0.4, 0.5) is 0 Å². The lowest BCUT2D eigenvalue weighted by atomic mass is 9.80. The topological polar surface area (TPSA) is 87.0 Å². The molecule has 0 unspecified atom stereocenters. The third-order valence-electron chi connectivity index (χ3n) is 3.12. The summed E-state index contributed by atoms with van der Waals surface area (Å²) in [5.41, 5.74) is 1.41. The van der Waals surface area contributed by atoms with Crippen LogP contribution in [0.5, 0.6) is 11.5 Å². The number of hydrogen-bond acceptors (Lipinski definition) is 5. The smallest absolute Gasteiger partial charge is 0.488 e. The van der Waals surface area contributed by atoms with Gasteiger partial charge < -0.3 is 19.9 Å². The first-order valence-electron chi connectivity index (χ1n) is 6.57. The summed E-state index contributed by atoms with van der Waals surface area (Å²) in [6, 6.07) is 10.8. The Kier molecular flexibility index (Phi) is 4.98. The highest BCUT2D eigenvalue weighted by Gasteiger charge is 2.11. The van der Waals surface area contributed by atoms with Crippen molar-refractivity contribution in [3.8, 4) is 11.5 Å². The SMILES string of the molecule is COc1ccc(/C=C/C(=O)c2ccc(B(O)O)cc2)cc1O. The zero-order valence-electron chi connectivity index (χ0n) is 11.9. The number of ketones is 1. The van der Waals surface area contributed by atoms with E-state index in [-0.39, 0.29) is 11.5 Å². The van der Waals surface area contributed by atoms with E-state index in [0.29, 0.717) is 22.3 Å². The van der Waals surface area contributed by atoms with Gasteiger partial charge in [0.2, 0.25) is 0 Å². The Morgan fingerprint density at radius 3 is 2.36 bits per heavy atom. The van der Waals surface area contributed by atoms with E-state index in [1.165, 1.54) is 43.5 Å². The average molecular weight is 298 g/mol. The molecule has 0 aliphatic rings. The van der Waals surface area contributed by atoms with Crippen molar-refractivity contribution in [2.45, 2.75) is 0 Å². The van der Waals surface area contributed by atoms with Crippen LogP contribution in [-0.4, -0.2) is 35.2 Å². The van der Waals surface area contributed by atoms with E-state index in [4.69, 9.17) is 14.8 Å². The van der Waals surface area contributed by atoms with Gasteiger partial charge in [0.1, 0.15) is 0 Å². The number of phenols is 1. The van der Waals surface area contributed by atoms with Gasteiger partial charge in [0.25, 0.3) is 0 Å². The molecular formula is C16H15BO5. The lowest BCUT2D eigenvalue weighted by Gasteiger charge is -2.03. The highest BCUT2D eigenvalue weighted by atomic mass is 16.5. The quantitative estimate of drug-likeness (QED) is 0.435. The fourth-order valence-electron chi connectivity index (χ4n) is 1.90. The van der Waals surface area contributed by atoms with Crippen LogP contribution in [0.2, 0.25) is 0 Å². The van der Waals surface area contributed by atoms with Crippen LogP contribution in [0.1, 0.15) is 15.9 Å². The molecule has 0 atom stereocenters. The summed E-state index contributed by atoms with van der Waals surface area (Å²) in [5.74, 6) is 0.134. The van der Waals surface area contributed by atoms with Crippen molar-refractivity contribution in [1.29, 1.82) is 0 Å². The molecule has 2 rings (SSSR count). The third kappa shape index (κ3) is 3.75. The summed E-state index contributed by atoms with van der Waals surface area (Å²) in [4.78, 5) is 12.0. The Hall–Kier alpha value is -2.57. The van der Waals surface area contributed by atoms with Gasteiger partial charge in [0.05, 0.1) is 7.11 Å². The molecular weight excluding hydrogens is 283 g/mol. The number of allylic oxidation sites excluding steroid dienone is 1. The van der Waals surface area contributed by atoms with Gasteiger partial charge in [0, 0.05) is 5.56 Å². The molecule has 6 heteroatoms. The highest BCUT2D eigenvalue weighted by Crippen LogP contribution is 2.26. The third-order valence-corrected chi connectivity index (χ3v) is 3.12. The molecule has 0 aromatic heterocycles. The molecule has 5 nitrogen and oxygen atoms in total. The Morgan fingerprint density at radius 1 is 1.14 bits per heavy atom. The predicted octanol–water partition coefficient (Wildman–Crippen LogP) is 0.977. The first-order valence-corrected chi connectivity index (χ1v) is 6.57. The van der Waals surface area contributed by atoms with Crippen molar-refractivity contribution in [3.05, 3.63) is 59.7 Å². The van der Waals surface area contributed by atoms with E-state index < -0.39 is 7.12 Å². The molecule has 0 saturated carbocycles. The van der Waals surface area contributed by atoms with Crippen LogP contribution in [-0.2, 0) is 0 Å². The van der Waals surface area contributed by atoms with E-state index >= 15 is 0 Å². The number of hydrogen-bond donors (Lipinski definition) is 3. The van der Waals surface area contributed by atoms with Crippen molar-refractivity contribution >= 4 is 24.4 Å². The maximum atomic E-state index is 12.0. The van der Waals surface area contributed by atoms with Crippen molar-refractivity contribution in [1.82, 2.24) is 0 Å². The van der Waals surface area contributed by atoms with Crippen LogP contribution in [0.3, 0.4) is 0 Å². The Balaban J connectivity index is 2.12. The minimum Gasteiger partial charge on any atom is -0.504 e. The zero-order chi connectivity index (χ0) is 16.1. The van der Waals surface area contributed by atoms with Gasteiger partial charge in [0.15, 0.2) is 17.3 Å². The van der Waals surface area contributed by atoms with E-state index in [9.17, 15) is 9.90 Å². The summed E-state index contributed by atoms with van der Waals surface area (Å²) in [6.07, 6.45) is 2.96. The molecule has 0 spiro atoms. The molecule has 0 amide bonds. The van der Waals surface area contributed by atoms with Crippen LogP contribution < -0.4 is 10.2 Å². The second-order valence-corrected chi connectivity index (χ2v) is 4.62. The molecule has 0 aliphatic carbocycles. The average Bonchev–Trinajstić information content (AvgIpc) is 2.52. The monoisotopic (exact) mass is 298 g/mol. The Morgan fingerprint density at radius 2 is 1.82 bits per heavy atom. The molecule has 2 aromatic rings. The van der Waals surface area contributed by atoms with E-state index in [1.807, 2.05) is 0 Å². The van der Waals surface area contributed by atoms with Gasteiger partial charge in [-0.15, -0.1) is 0 Å². The fraction of sp³-hybridized carbons (Fsp3) is 0.0625. The molecule has 0 aliphatic heterocycles. The molecule has 3 N–H and O–H groups in total. The summed E-state index contributed by atoms with van der Waals surface area (Å²) in [7, 11) is -0.0943. The minimum absolute atomic E-state index is 0.00150. The maximum absolute atomic E-state index is 12.0. The first-order chi connectivity index (χ1) is 10.5. The Bertz CT molecular complexity index is 692. The highest BCUT2D eigenvalue weighted by molar-refractivity contribution is 6.58. The molecule has 112 valence electrons. The van der Waals surface area contributed by atoms with Crippen molar-refractivity contribution in [2.75, 3.05) is 7.11 Å². The molecule has 0 saturated heterocycles. The number of benzene rings is 2. The summed E-state index contributed by atoms with van der Waals surface area (Å²) < 4.78 is 4.94. The minimum atomic E-state index is -1.55. The number of carbonyl (C=O) groups is 1. The summed E-state index contributed by atoms with van der Waals surface area (Å²) in [5, 5.41) is 27.7. The second kappa shape index (κ2) is 6.93. The molecule has 0 fully saturated rings. The standard InChI is InChI=1S/C16H15BO5/c1-22-16-9-3-11(10-15(16)19)2-8-14(18)12-4-6-13(7-5-12)17(20)21/h2-10,19-21H,1H3/b8-2+. The molecule has 0 bridgehead atoms. The van der Waals surface area contributed by atoms with Gasteiger partial charge in [-0.25, -0.2) is 0 Å². The van der Waals surface area contributed by atoms with Crippen LogP contribution in [0, 0.1) is 0 Å². The lowest BCUT2D eigenvalue weighted by Crippen LogP contribution is -2.29. The van der Waals surface area contributed by atoms with Crippen LogP contribution >= 0.6 is 0 Å². The van der Waals surface area contributed by atoms with Crippen LogP contribution in [0.25, 0.3) is 6.08 Å². The number of ether oxygens (including phenoxy) is 1. The zero-order valence-corrected chi connectivity index (χ0v) is 11.9. The molecule has 2 aromatic carbocycles. The number of phenolic OH excluding ortho intramolecular Hbond substituents is 1. The van der Waals surface area contributed by atoms with E-state index in [1.54, 1.807) is 18.2 Å². The van der Waals surface area contributed by atoms with Crippen molar-refractivity contribution < 1.29 is 24.7 Å². The summed E-state index contributed by atoms with van der Waals surface area (Å²) >= 11 is 0. The largest absolute Gasteiger partial charge is 0.504 e. The van der Waals surface area contributed by atoms with Gasteiger partial charge in [-0.1, -0.05) is 36.4 Å². The van der Waals surface area contributed by atoms with Gasteiger partial charge >= 0.3 is 7.12 Å². The van der Waals surface area contributed by atoms with Gasteiger partial charge in [-0.2, -0.15) is 0 Å². The number of aromatic hydroxyl groups is 1. The number of methoxy groups -OCH3 is 1. The second-order valence-electron chi connectivity index (χ2n) is 4.62. The van der Waals surface area contributed by atoms with Gasteiger partial charge in [-0.3, -0.25) is 4.79 Å². The van der Waals surface area contributed by atoms with Gasteiger partial charge in [-0.05, 0) is 29.2 Å². The van der Waals surface area contributed by atoms with Crippen LogP contribution in [0.15, 0.2) is 48.5 Å². The van der Waals surface area contributed by atoms with Crippen molar-refractivity contribution in [3.63, 3.8) is 0 Å². The summed E-state index contributed by atoms with van der Waals surface area (Å²) in [6.45, 7) is 0. The Labute approximate surface area is 128 Å². The lowest BCUT2D eigenvalue weighted by molar-refractivity contribution is 0.104. The normalized spacial score (nSPS) is 10.7. The van der Waals surface area contributed by atoms with E-state index in [2.05, 4.69) is 0 Å². The predicted molar refractivity (Wildman–Crippen MR) is 84.3 cm³/mol. The molecule has 0 radical (unpaired) electrons. The van der Waals surface area contributed by atoms with E-state index in [0.717, 1.165) is 0 Å². The molecule has 22 heavy (non-hydrogen) atoms. The molecule has 0 heterocycles. The van der Waals surface area contributed by atoms with Crippen molar-refractivity contribution in [2.24, 2.45) is 0 Å². The first kappa shape index (κ1) is 15.8.